The fourth-order valence-electron chi connectivity index (χ4n) is 4.25. The number of rotatable bonds is 10. The van der Waals surface area contributed by atoms with E-state index in [-0.39, 0.29) is 34.8 Å². The summed E-state index contributed by atoms with van der Waals surface area (Å²) in [5.41, 5.74) is 5.80. The third-order valence-electron chi connectivity index (χ3n) is 6.09. The number of nitrogens with zero attached hydrogens (tertiary/aromatic N) is 2. The largest absolute Gasteiger partial charge is 0.493 e. The summed E-state index contributed by atoms with van der Waals surface area (Å²) in [6.45, 7) is 0.114. The molecule has 0 spiro atoms. The molecule has 3 rings (SSSR count). The zero-order valence-corrected chi connectivity index (χ0v) is 21.5. The zero-order chi connectivity index (χ0) is 26.9. The maximum absolute atomic E-state index is 13.0. The number of carbonyl (C=O) groups excluding carboxylic acids is 2. The molecule has 1 aliphatic carbocycles. The number of nitro benzene ring substituents is 1. The van der Waals surface area contributed by atoms with E-state index in [1.165, 1.54) is 26.4 Å². The molecule has 0 bridgehead atoms. The summed E-state index contributed by atoms with van der Waals surface area (Å²) in [5, 5.41) is 14.3. The van der Waals surface area contributed by atoms with E-state index >= 15 is 0 Å². The number of benzene rings is 2. The molecule has 2 amide bonds. The van der Waals surface area contributed by atoms with Crippen LogP contribution < -0.4 is 25.3 Å². The highest BCUT2D eigenvalue weighted by Crippen LogP contribution is 2.31. The molecule has 2 aromatic rings. The lowest BCUT2D eigenvalue weighted by Gasteiger charge is -2.36. The van der Waals surface area contributed by atoms with Gasteiger partial charge in [0.15, 0.2) is 29.0 Å². The zero-order valence-electron chi connectivity index (χ0n) is 20.7. The Morgan fingerprint density at radius 3 is 2.38 bits per heavy atom. The second-order valence-corrected chi connectivity index (χ2v) is 8.95. The van der Waals surface area contributed by atoms with Gasteiger partial charge in [-0.15, -0.1) is 0 Å². The van der Waals surface area contributed by atoms with Crippen LogP contribution in [0.2, 0.25) is 0 Å². The van der Waals surface area contributed by atoms with Crippen LogP contribution in [0.25, 0.3) is 0 Å². The molecule has 0 saturated heterocycles. The summed E-state index contributed by atoms with van der Waals surface area (Å²) < 4.78 is 15.8. The molecule has 3 N–H and O–H groups in total. The fraction of sp³-hybridized carbons (Fsp3) is 0.400. The molecule has 12 heteroatoms. The van der Waals surface area contributed by atoms with E-state index in [0.29, 0.717) is 18.0 Å². The number of ether oxygens (including phenoxy) is 3. The van der Waals surface area contributed by atoms with Gasteiger partial charge in [0.1, 0.15) is 0 Å². The lowest BCUT2D eigenvalue weighted by atomic mass is 9.94. The Morgan fingerprint density at radius 1 is 1.08 bits per heavy atom. The molecule has 198 valence electrons. The number of nitrogens with two attached hydrogens (primary N) is 1. The van der Waals surface area contributed by atoms with Gasteiger partial charge in [0, 0.05) is 24.2 Å². The maximum atomic E-state index is 13.0. The van der Waals surface area contributed by atoms with Gasteiger partial charge in [-0.25, -0.2) is 0 Å². The smallest absolute Gasteiger partial charge is 0.311 e. The van der Waals surface area contributed by atoms with Crippen molar-refractivity contribution >= 4 is 34.8 Å². The quantitative estimate of drug-likeness (QED) is 0.268. The molecule has 37 heavy (non-hydrogen) atoms. The molecule has 0 aliphatic heterocycles. The van der Waals surface area contributed by atoms with Crippen molar-refractivity contribution in [2.24, 2.45) is 5.73 Å². The van der Waals surface area contributed by atoms with Gasteiger partial charge in [-0.3, -0.25) is 25.0 Å². The van der Waals surface area contributed by atoms with Gasteiger partial charge in [-0.05, 0) is 54.9 Å². The van der Waals surface area contributed by atoms with Crippen LogP contribution in [0.4, 0.5) is 5.69 Å². The van der Waals surface area contributed by atoms with Crippen molar-refractivity contribution in [3.63, 3.8) is 0 Å². The molecular weight excluding hydrogens is 500 g/mol. The first kappa shape index (κ1) is 27.7. The van der Waals surface area contributed by atoms with E-state index in [2.05, 4.69) is 5.32 Å². The van der Waals surface area contributed by atoms with Gasteiger partial charge in [0.05, 0.1) is 19.1 Å². The molecule has 1 saturated carbocycles. The van der Waals surface area contributed by atoms with E-state index in [0.717, 1.165) is 43.7 Å². The SMILES string of the molecule is COc1cc(CN(C(=S)NC(=O)c2ccc(OC)c([N+](=O)[O-])c2)C2CCCCC2)ccc1OCC(N)=O. The lowest BCUT2D eigenvalue weighted by molar-refractivity contribution is -0.385. The minimum atomic E-state index is -0.605. The molecule has 0 radical (unpaired) electrons. The second-order valence-electron chi connectivity index (χ2n) is 8.56. The Hall–Kier alpha value is -3.93. The Bertz CT molecular complexity index is 1170. The monoisotopic (exact) mass is 530 g/mol. The summed E-state index contributed by atoms with van der Waals surface area (Å²) in [7, 11) is 2.82. The molecule has 1 fully saturated rings. The van der Waals surface area contributed by atoms with Gasteiger partial charge >= 0.3 is 5.69 Å². The number of thiocarbonyl (C=S) groups is 1. The molecule has 11 nitrogen and oxygen atoms in total. The fourth-order valence-corrected chi connectivity index (χ4v) is 4.56. The van der Waals surface area contributed by atoms with Gasteiger partial charge in [-0.2, -0.15) is 0 Å². The van der Waals surface area contributed by atoms with E-state index in [1.807, 2.05) is 11.0 Å². The molecule has 0 heterocycles. The molecular formula is C25H30N4O7S. The lowest BCUT2D eigenvalue weighted by Crippen LogP contribution is -2.48. The van der Waals surface area contributed by atoms with Crippen LogP contribution in [0.3, 0.4) is 0 Å². The third-order valence-corrected chi connectivity index (χ3v) is 6.42. The van der Waals surface area contributed by atoms with Crippen molar-refractivity contribution in [1.29, 1.82) is 0 Å². The summed E-state index contributed by atoms with van der Waals surface area (Å²) in [4.78, 5) is 36.8. The highest BCUT2D eigenvalue weighted by atomic mass is 32.1. The normalized spacial score (nSPS) is 13.4. The van der Waals surface area contributed by atoms with Crippen LogP contribution in [0, 0.1) is 10.1 Å². The van der Waals surface area contributed by atoms with E-state index in [9.17, 15) is 19.7 Å². The topological polar surface area (TPSA) is 146 Å². The van der Waals surface area contributed by atoms with Crippen molar-refractivity contribution in [2.45, 2.75) is 44.7 Å². The first-order valence-corrected chi connectivity index (χ1v) is 12.2. The molecule has 1 aliphatic rings. The van der Waals surface area contributed by atoms with Crippen molar-refractivity contribution in [3.8, 4) is 17.2 Å². The predicted octanol–water partition coefficient (Wildman–Crippen LogP) is 3.33. The highest BCUT2D eigenvalue weighted by Gasteiger charge is 2.26. The second kappa shape index (κ2) is 12.9. The summed E-state index contributed by atoms with van der Waals surface area (Å²) in [6.07, 6.45) is 5.07. The number of primary amides is 1. The van der Waals surface area contributed by atoms with Gasteiger partial charge in [0.2, 0.25) is 0 Å². The highest BCUT2D eigenvalue weighted by molar-refractivity contribution is 7.80. The molecule has 0 aromatic heterocycles. The number of nitro groups is 1. The number of nitrogens with one attached hydrogen (secondary N) is 1. The van der Waals surface area contributed by atoms with Crippen LogP contribution in [0.1, 0.15) is 48.0 Å². The number of hydrogen-bond acceptors (Lipinski definition) is 8. The van der Waals surface area contributed by atoms with Crippen molar-refractivity contribution < 1.29 is 28.7 Å². The van der Waals surface area contributed by atoms with Crippen molar-refractivity contribution in [1.82, 2.24) is 10.2 Å². The van der Waals surface area contributed by atoms with Crippen molar-refractivity contribution in [3.05, 3.63) is 57.6 Å². The Balaban J connectivity index is 1.81. The molecule has 0 unspecified atom stereocenters. The number of hydrogen-bond donors (Lipinski definition) is 2. The van der Waals surface area contributed by atoms with Crippen molar-refractivity contribution in [2.75, 3.05) is 20.8 Å². The first-order valence-electron chi connectivity index (χ1n) is 11.8. The summed E-state index contributed by atoms with van der Waals surface area (Å²) >= 11 is 5.65. The van der Waals surface area contributed by atoms with Crippen LogP contribution in [-0.2, 0) is 11.3 Å². The Labute approximate surface area is 220 Å². The number of methoxy groups -OCH3 is 2. The standard InChI is InChI=1S/C25H30N4O7S/c1-34-20-11-9-17(13-19(20)29(32)33)24(31)27-25(37)28(18-6-4-3-5-7-18)14-16-8-10-21(22(12-16)35-2)36-15-23(26)30/h8-13,18H,3-7,14-15H2,1-2H3,(H2,26,30)(H,27,31,37). The average molecular weight is 531 g/mol. The number of carbonyl (C=O) groups is 2. The van der Waals surface area contributed by atoms with E-state index in [4.69, 9.17) is 32.2 Å². The molecule has 0 atom stereocenters. The Morgan fingerprint density at radius 2 is 1.76 bits per heavy atom. The minimum Gasteiger partial charge on any atom is -0.493 e. The minimum absolute atomic E-state index is 0.0603. The summed E-state index contributed by atoms with van der Waals surface area (Å²) in [6, 6.07) is 9.40. The van der Waals surface area contributed by atoms with Gasteiger partial charge in [0.25, 0.3) is 11.8 Å². The maximum Gasteiger partial charge on any atom is 0.311 e. The predicted molar refractivity (Wildman–Crippen MR) is 140 cm³/mol. The summed E-state index contributed by atoms with van der Waals surface area (Å²) in [5.74, 6) is -0.276. The van der Waals surface area contributed by atoms with Gasteiger partial charge < -0.3 is 24.8 Å². The average Bonchev–Trinajstić information content (AvgIpc) is 2.90. The third kappa shape index (κ3) is 7.29. The van der Waals surface area contributed by atoms with Gasteiger partial charge in [-0.1, -0.05) is 25.3 Å². The van der Waals surface area contributed by atoms with Crippen LogP contribution in [0.5, 0.6) is 17.2 Å². The first-order chi connectivity index (χ1) is 17.7. The van der Waals surface area contributed by atoms with E-state index < -0.39 is 16.7 Å². The van der Waals surface area contributed by atoms with E-state index in [1.54, 1.807) is 12.1 Å². The number of amides is 2. The Kier molecular flexibility index (Phi) is 9.61. The van der Waals surface area contributed by atoms with Crippen LogP contribution in [0.15, 0.2) is 36.4 Å². The van der Waals surface area contributed by atoms with Crippen LogP contribution >= 0.6 is 12.2 Å². The molecule has 2 aromatic carbocycles. The van der Waals surface area contributed by atoms with Crippen LogP contribution in [-0.4, -0.2) is 53.6 Å².